The van der Waals surface area contributed by atoms with Gasteiger partial charge >= 0.3 is 6.18 Å². The number of para-hydroxylation sites is 1. The second-order valence-corrected chi connectivity index (χ2v) is 6.46. The molecule has 0 aliphatic carbocycles. The van der Waals surface area contributed by atoms with Crippen molar-refractivity contribution in [3.63, 3.8) is 0 Å². The number of rotatable bonds is 7. The van der Waals surface area contributed by atoms with E-state index in [1.807, 2.05) is 0 Å². The second kappa shape index (κ2) is 9.21. The van der Waals surface area contributed by atoms with E-state index in [0.717, 1.165) is 12.1 Å². The van der Waals surface area contributed by atoms with Crippen LogP contribution in [0.1, 0.15) is 17.0 Å². The predicted octanol–water partition coefficient (Wildman–Crippen LogP) is 6.76. The van der Waals surface area contributed by atoms with E-state index < -0.39 is 41.7 Å². The van der Waals surface area contributed by atoms with Crippen molar-refractivity contribution in [1.29, 1.82) is 0 Å². The molecule has 2 nitrogen and oxygen atoms in total. The minimum atomic E-state index is -4.73. The zero-order chi connectivity index (χ0) is 21.7. The van der Waals surface area contributed by atoms with Crippen molar-refractivity contribution in [2.45, 2.75) is 18.7 Å². The van der Waals surface area contributed by atoms with Crippen molar-refractivity contribution in [1.82, 2.24) is 0 Å². The fourth-order valence-electron chi connectivity index (χ4n) is 2.73. The molecule has 30 heavy (non-hydrogen) atoms. The molecular weight excluding hydrogens is 410 g/mol. The Hall–Kier alpha value is -3.00. The molecule has 0 amide bonds. The number of halogens is 6. The van der Waals surface area contributed by atoms with Crippen LogP contribution in [0.2, 0.25) is 0 Å². The molecule has 0 fully saturated rings. The zero-order valence-electron chi connectivity index (χ0n) is 15.4. The van der Waals surface area contributed by atoms with Crippen LogP contribution in [-0.4, -0.2) is 12.8 Å². The molecule has 0 bridgehead atoms. The standard InChI is InChI=1S/C22H16F6O2/c23-18-9-7-15(11-20(18)25)17(22(26,27)28)13-29-12-14-6-8-19(24)21(10-14)30-16-4-2-1-3-5-16/h1-11,17H,12-13H2. The maximum absolute atomic E-state index is 14.0. The Morgan fingerprint density at radius 1 is 0.767 bits per heavy atom. The SMILES string of the molecule is Fc1ccc(C(COCc2ccc(F)c(Oc3ccccc3)c2)C(F)(F)F)cc1F. The number of benzene rings is 3. The van der Waals surface area contributed by atoms with Gasteiger partial charge in [0, 0.05) is 0 Å². The Morgan fingerprint density at radius 3 is 2.13 bits per heavy atom. The monoisotopic (exact) mass is 426 g/mol. The van der Waals surface area contributed by atoms with Gasteiger partial charge in [-0.25, -0.2) is 13.2 Å². The van der Waals surface area contributed by atoms with E-state index in [-0.39, 0.29) is 12.4 Å². The molecule has 1 unspecified atom stereocenters. The highest BCUT2D eigenvalue weighted by Gasteiger charge is 2.41. The lowest BCUT2D eigenvalue weighted by molar-refractivity contribution is -0.163. The molecule has 0 saturated heterocycles. The largest absolute Gasteiger partial charge is 0.454 e. The average Bonchev–Trinajstić information content (AvgIpc) is 2.70. The Morgan fingerprint density at radius 2 is 1.47 bits per heavy atom. The molecule has 0 aromatic heterocycles. The molecule has 1 atom stereocenters. The summed E-state index contributed by atoms with van der Waals surface area (Å²) < 4.78 is 91.0. The maximum atomic E-state index is 14.0. The highest BCUT2D eigenvalue weighted by Crippen LogP contribution is 2.36. The smallest absolute Gasteiger partial charge is 0.397 e. The summed E-state index contributed by atoms with van der Waals surface area (Å²) in [7, 11) is 0. The Kier molecular flexibility index (Phi) is 6.66. The molecule has 3 aromatic rings. The highest BCUT2D eigenvalue weighted by molar-refractivity contribution is 5.35. The molecule has 158 valence electrons. The van der Waals surface area contributed by atoms with Gasteiger partial charge in [-0.15, -0.1) is 0 Å². The maximum Gasteiger partial charge on any atom is 0.397 e. The lowest BCUT2D eigenvalue weighted by atomic mass is 9.99. The Balaban J connectivity index is 1.69. The molecule has 0 spiro atoms. The Labute approximate surface area is 168 Å². The van der Waals surface area contributed by atoms with Gasteiger partial charge in [-0.2, -0.15) is 13.2 Å². The van der Waals surface area contributed by atoms with Gasteiger partial charge in [-0.1, -0.05) is 30.3 Å². The first kappa shape index (κ1) is 21.7. The van der Waals surface area contributed by atoms with Gasteiger partial charge in [-0.05, 0) is 47.5 Å². The van der Waals surface area contributed by atoms with Crippen molar-refractivity contribution < 1.29 is 35.8 Å². The normalized spacial score (nSPS) is 12.6. The van der Waals surface area contributed by atoms with E-state index in [0.29, 0.717) is 23.4 Å². The lowest BCUT2D eigenvalue weighted by Crippen LogP contribution is -2.25. The number of alkyl halides is 3. The van der Waals surface area contributed by atoms with Gasteiger partial charge in [0.05, 0.1) is 13.2 Å². The fraction of sp³-hybridized carbons (Fsp3) is 0.182. The summed E-state index contributed by atoms with van der Waals surface area (Å²) in [5, 5.41) is 0. The molecule has 0 heterocycles. The van der Waals surface area contributed by atoms with Crippen molar-refractivity contribution in [2.24, 2.45) is 0 Å². The summed E-state index contributed by atoms with van der Waals surface area (Å²) in [4.78, 5) is 0. The summed E-state index contributed by atoms with van der Waals surface area (Å²) in [5.41, 5.74) is -0.0675. The molecular formula is C22H16F6O2. The van der Waals surface area contributed by atoms with Crippen LogP contribution in [0.25, 0.3) is 0 Å². The first-order chi connectivity index (χ1) is 14.2. The third-order valence-electron chi connectivity index (χ3n) is 4.26. The van der Waals surface area contributed by atoms with E-state index in [4.69, 9.17) is 9.47 Å². The van der Waals surface area contributed by atoms with Crippen LogP contribution < -0.4 is 4.74 Å². The highest BCUT2D eigenvalue weighted by atomic mass is 19.4. The van der Waals surface area contributed by atoms with Gasteiger partial charge in [0.1, 0.15) is 11.7 Å². The third kappa shape index (κ3) is 5.54. The molecule has 3 aromatic carbocycles. The van der Waals surface area contributed by atoms with E-state index >= 15 is 0 Å². The first-order valence-electron chi connectivity index (χ1n) is 8.85. The first-order valence-corrected chi connectivity index (χ1v) is 8.85. The topological polar surface area (TPSA) is 18.5 Å². The van der Waals surface area contributed by atoms with Crippen LogP contribution in [0, 0.1) is 17.5 Å². The zero-order valence-corrected chi connectivity index (χ0v) is 15.4. The van der Waals surface area contributed by atoms with Crippen molar-refractivity contribution in [3.8, 4) is 11.5 Å². The van der Waals surface area contributed by atoms with Gasteiger partial charge in [0.15, 0.2) is 23.2 Å². The van der Waals surface area contributed by atoms with Crippen LogP contribution in [0.4, 0.5) is 26.3 Å². The van der Waals surface area contributed by atoms with Gasteiger partial charge in [0.2, 0.25) is 0 Å². The number of hydrogen-bond acceptors (Lipinski definition) is 2. The molecule has 8 heteroatoms. The number of ether oxygens (including phenoxy) is 2. The number of hydrogen-bond donors (Lipinski definition) is 0. The summed E-state index contributed by atoms with van der Waals surface area (Å²) in [5.74, 6) is -5.10. The lowest BCUT2D eigenvalue weighted by Gasteiger charge is -2.21. The minimum Gasteiger partial charge on any atom is -0.454 e. The third-order valence-corrected chi connectivity index (χ3v) is 4.26. The average molecular weight is 426 g/mol. The molecule has 0 aliphatic heterocycles. The van der Waals surface area contributed by atoms with Crippen molar-refractivity contribution in [2.75, 3.05) is 6.61 Å². The predicted molar refractivity (Wildman–Crippen MR) is 97.7 cm³/mol. The summed E-state index contributed by atoms with van der Waals surface area (Å²) in [6, 6.07) is 14.2. The van der Waals surface area contributed by atoms with Crippen LogP contribution >= 0.6 is 0 Å². The molecule has 0 aliphatic rings. The molecule has 3 rings (SSSR count). The summed E-state index contributed by atoms with van der Waals surface area (Å²) in [6.45, 7) is -1.08. The van der Waals surface area contributed by atoms with Gasteiger partial charge < -0.3 is 9.47 Å². The van der Waals surface area contributed by atoms with E-state index in [2.05, 4.69) is 0 Å². The molecule has 0 saturated carbocycles. The Bertz CT molecular complexity index is 989. The van der Waals surface area contributed by atoms with Gasteiger partial charge in [-0.3, -0.25) is 0 Å². The van der Waals surface area contributed by atoms with Crippen LogP contribution in [0.3, 0.4) is 0 Å². The van der Waals surface area contributed by atoms with Crippen LogP contribution in [0.5, 0.6) is 11.5 Å². The fourth-order valence-corrected chi connectivity index (χ4v) is 2.73. The summed E-state index contributed by atoms with van der Waals surface area (Å²) in [6.07, 6.45) is -4.73. The molecule has 0 radical (unpaired) electrons. The second-order valence-electron chi connectivity index (χ2n) is 6.46. The van der Waals surface area contributed by atoms with Crippen LogP contribution in [-0.2, 0) is 11.3 Å². The van der Waals surface area contributed by atoms with E-state index in [9.17, 15) is 26.3 Å². The van der Waals surface area contributed by atoms with Gasteiger partial charge in [0.25, 0.3) is 0 Å². The quantitative estimate of drug-likeness (QED) is 0.389. The summed E-state index contributed by atoms with van der Waals surface area (Å²) >= 11 is 0. The van der Waals surface area contributed by atoms with E-state index in [1.165, 1.54) is 12.1 Å². The minimum absolute atomic E-state index is 0.102. The van der Waals surface area contributed by atoms with Crippen LogP contribution in [0.15, 0.2) is 66.7 Å². The van der Waals surface area contributed by atoms with Crippen molar-refractivity contribution in [3.05, 3.63) is 95.3 Å². The van der Waals surface area contributed by atoms with E-state index in [1.54, 1.807) is 30.3 Å². The molecule has 0 N–H and O–H groups in total. The van der Waals surface area contributed by atoms with Crippen molar-refractivity contribution >= 4 is 0 Å².